The number of hydrogen-bond donors (Lipinski definition) is 1. The first kappa shape index (κ1) is 17.7. The van der Waals surface area contributed by atoms with Gasteiger partial charge in [-0.05, 0) is 29.2 Å². The maximum atomic E-state index is 12.1. The van der Waals surface area contributed by atoms with Gasteiger partial charge in [0.1, 0.15) is 0 Å². The summed E-state index contributed by atoms with van der Waals surface area (Å²) in [5.74, 6) is 0.213. The van der Waals surface area contributed by atoms with Crippen LogP contribution in [0.3, 0.4) is 0 Å². The molecule has 0 aromatic heterocycles. The predicted molar refractivity (Wildman–Crippen MR) is 108 cm³/mol. The molecule has 130 valence electrons. The SMILES string of the molecule is O=C(/C=C\c1ccccc1)NCCC(c1ccccc1)c1ccccc1. The first-order chi connectivity index (χ1) is 12.8. The van der Waals surface area contributed by atoms with Gasteiger partial charge in [0.25, 0.3) is 0 Å². The molecule has 0 heterocycles. The van der Waals surface area contributed by atoms with Gasteiger partial charge in [-0.15, -0.1) is 0 Å². The molecule has 3 aromatic rings. The smallest absolute Gasteiger partial charge is 0.243 e. The Balaban J connectivity index is 1.60. The maximum Gasteiger partial charge on any atom is 0.243 e. The molecule has 0 radical (unpaired) electrons. The Morgan fingerprint density at radius 1 is 0.769 bits per heavy atom. The average Bonchev–Trinajstić information content (AvgIpc) is 2.72. The summed E-state index contributed by atoms with van der Waals surface area (Å²) in [4.78, 5) is 12.1. The average molecular weight is 341 g/mol. The number of amides is 1. The molecule has 0 aliphatic rings. The van der Waals surface area contributed by atoms with Gasteiger partial charge in [0.15, 0.2) is 0 Å². The molecule has 0 saturated carbocycles. The van der Waals surface area contributed by atoms with Crippen LogP contribution >= 0.6 is 0 Å². The van der Waals surface area contributed by atoms with Gasteiger partial charge < -0.3 is 5.32 Å². The molecule has 2 heteroatoms. The molecule has 0 saturated heterocycles. The third kappa shape index (κ3) is 5.18. The second kappa shape index (κ2) is 9.38. The number of rotatable bonds is 7. The van der Waals surface area contributed by atoms with Crippen LogP contribution in [-0.4, -0.2) is 12.5 Å². The Bertz CT molecular complexity index is 786. The van der Waals surface area contributed by atoms with E-state index in [4.69, 9.17) is 0 Å². The molecule has 0 atom stereocenters. The van der Waals surface area contributed by atoms with Crippen LogP contribution < -0.4 is 5.32 Å². The van der Waals surface area contributed by atoms with Gasteiger partial charge in [0.2, 0.25) is 5.91 Å². The topological polar surface area (TPSA) is 29.1 Å². The van der Waals surface area contributed by atoms with Crippen LogP contribution in [0.1, 0.15) is 29.0 Å². The van der Waals surface area contributed by atoms with Crippen molar-refractivity contribution in [2.75, 3.05) is 6.54 Å². The third-order valence-electron chi connectivity index (χ3n) is 4.36. The summed E-state index contributed by atoms with van der Waals surface area (Å²) in [6, 6.07) is 30.7. The molecule has 1 amide bonds. The molecule has 0 spiro atoms. The molecule has 0 aliphatic carbocycles. The van der Waals surface area contributed by atoms with E-state index in [-0.39, 0.29) is 11.8 Å². The largest absolute Gasteiger partial charge is 0.353 e. The number of carbonyl (C=O) groups is 1. The van der Waals surface area contributed by atoms with Gasteiger partial charge in [-0.3, -0.25) is 4.79 Å². The van der Waals surface area contributed by atoms with Crippen LogP contribution in [-0.2, 0) is 4.79 Å². The van der Waals surface area contributed by atoms with Crippen LogP contribution in [0.15, 0.2) is 97.1 Å². The van der Waals surface area contributed by atoms with Gasteiger partial charge in [-0.2, -0.15) is 0 Å². The molecule has 1 N–H and O–H groups in total. The Labute approximate surface area is 155 Å². The molecule has 0 unspecified atom stereocenters. The summed E-state index contributed by atoms with van der Waals surface area (Å²) < 4.78 is 0. The van der Waals surface area contributed by atoms with E-state index in [0.29, 0.717) is 6.54 Å². The molecule has 3 aromatic carbocycles. The quantitative estimate of drug-likeness (QED) is 0.599. The van der Waals surface area contributed by atoms with Crippen molar-refractivity contribution in [1.29, 1.82) is 0 Å². The first-order valence-corrected chi connectivity index (χ1v) is 8.94. The lowest BCUT2D eigenvalue weighted by Gasteiger charge is -2.18. The van der Waals surface area contributed by atoms with E-state index in [1.54, 1.807) is 6.08 Å². The van der Waals surface area contributed by atoms with E-state index in [1.165, 1.54) is 11.1 Å². The minimum Gasteiger partial charge on any atom is -0.353 e. The van der Waals surface area contributed by atoms with Gasteiger partial charge in [-0.25, -0.2) is 0 Å². The Kier molecular flexibility index (Phi) is 6.38. The van der Waals surface area contributed by atoms with E-state index in [9.17, 15) is 4.79 Å². The number of hydrogen-bond acceptors (Lipinski definition) is 1. The zero-order chi connectivity index (χ0) is 18.0. The van der Waals surface area contributed by atoms with E-state index in [1.807, 2.05) is 48.5 Å². The molecule has 26 heavy (non-hydrogen) atoms. The van der Waals surface area contributed by atoms with E-state index in [0.717, 1.165) is 12.0 Å². The number of nitrogens with one attached hydrogen (secondary N) is 1. The lowest BCUT2D eigenvalue weighted by atomic mass is 9.88. The highest BCUT2D eigenvalue weighted by molar-refractivity contribution is 5.91. The highest BCUT2D eigenvalue weighted by Crippen LogP contribution is 2.27. The minimum absolute atomic E-state index is 0.0614. The Hall–Kier alpha value is -3.13. The van der Waals surface area contributed by atoms with Gasteiger partial charge in [-0.1, -0.05) is 91.0 Å². The fourth-order valence-electron chi connectivity index (χ4n) is 3.03. The van der Waals surface area contributed by atoms with Crippen LogP contribution in [0.2, 0.25) is 0 Å². The van der Waals surface area contributed by atoms with Crippen molar-refractivity contribution in [1.82, 2.24) is 5.32 Å². The summed E-state index contributed by atoms with van der Waals surface area (Å²) in [5.41, 5.74) is 3.56. The number of carbonyl (C=O) groups excluding carboxylic acids is 1. The summed E-state index contributed by atoms with van der Waals surface area (Å²) >= 11 is 0. The third-order valence-corrected chi connectivity index (χ3v) is 4.36. The van der Waals surface area contributed by atoms with Gasteiger partial charge in [0, 0.05) is 18.5 Å². The fourth-order valence-corrected chi connectivity index (χ4v) is 3.03. The highest BCUT2D eigenvalue weighted by atomic mass is 16.1. The van der Waals surface area contributed by atoms with Crippen molar-refractivity contribution in [3.05, 3.63) is 114 Å². The normalized spacial score (nSPS) is 11.0. The summed E-state index contributed by atoms with van der Waals surface area (Å²) in [6.45, 7) is 0.631. The van der Waals surface area contributed by atoms with Crippen molar-refractivity contribution in [2.45, 2.75) is 12.3 Å². The summed E-state index contributed by atoms with van der Waals surface area (Å²) in [7, 11) is 0. The molecule has 3 rings (SSSR count). The Morgan fingerprint density at radius 2 is 1.27 bits per heavy atom. The predicted octanol–water partition coefficient (Wildman–Crippen LogP) is 5.04. The van der Waals surface area contributed by atoms with Crippen molar-refractivity contribution < 1.29 is 4.79 Å². The van der Waals surface area contributed by atoms with Gasteiger partial charge >= 0.3 is 0 Å². The van der Waals surface area contributed by atoms with Crippen LogP contribution in [0.4, 0.5) is 0 Å². The minimum atomic E-state index is -0.0614. The van der Waals surface area contributed by atoms with E-state index in [2.05, 4.69) is 53.8 Å². The lowest BCUT2D eigenvalue weighted by molar-refractivity contribution is -0.116. The Morgan fingerprint density at radius 3 is 1.81 bits per heavy atom. The first-order valence-electron chi connectivity index (χ1n) is 8.94. The van der Waals surface area contributed by atoms with Crippen molar-refractivity contribution >= 4 is 12.0 Å². The van der Waals surface area contributed by atoms with Crippen molar-refractivity contribution in [3.8, 4) is 0 Å². The maximum absolute atomic E-state index is 12.1. The van der Waals surface area contributed by atoms with Crippen molar-refractivity contribution in [3.63, 3.8) is 0 Å². The summed E-state index contributed by atoms with van der Waals surface area (Å²) in [6.07, 6.45) is 4.29. The number of benzene rings is 3. The molecule has 0 aliphatic heterocycles. The van der Waals surface area contributed by atoms with E-state index >= 15 is 0 Å². The second-order valence-electron chi connectivity index (χ2n) is 6.20. The van der Waals surface area contributed by atoms with Crippen molar-refractivity contribution in [2.24, 2.45) is 0 Å². The molecule has 2 nitrogen and oxygen atoms in total. The van der Waals surface area contributed by atoms with Crippen LogP contribution in [0.5, 0.6) is 0 Å². The van der Waals surface area contributed by atoms with Crippen LogP contribution in [0, 0.1) is 0 Å². The highest BCUT2D eigenvalue weighted by Gasteiger charge is 2.13. The zero-order valence-corrected chi connectivity index (χ0v) is 14.7. The summed E-state index contributed by atoms with van der Waals surface area (Å²) in [5, 5.41) is 3.00. The molecular weight excluding hydrogens is 318 g/mol. The lowest BCUT2D eigenvalue weighted by Crippen LogP contribution is -2.23. The standard InChI is InChI=1S/C24H23NO/c26-24(17-16-20-10-4-1-5-11-20)25-19-18-23(21-12-6-2-7-13-21)22-14-8-3-9-15-22/h1-17,23H,18-19H2,(H,25,26)/b17-16-. The molecule has 0 bridgehead atoms. The molecule has 0 fully saturated rings. The van der Waals surface area contributed by atoms with E-state index < -0.39 is 0 Å². The molecular formula is C24H23NO. The zero-order valence-electron chi connectivity index (χ0n) is 14.7. The van der Waals surface area contributed by atoms with Gasteiger partial charge in [0.05, 0.1) is 0 Å². The monoisotopic (exact) mass is 341 g/mol. The van der Waals surface area contributed by atoms with Crippen LogP contribution in [0.25, 0.3) is 6.08 Å². The second-order valence-corrected chi connectivity index (χ2v) is 6.20. The fraction of sp³-hybridized carbons (Fsp3) is 0.125.